The average Bonchev–Trinajstić information content (AvgIpc) is 2.36. The molecule has 0 saturated carbocycles. The molecule has 0 fully saturated rings. The first-order valence-electron chi connectivity index (χ1n) is 5.47. The van der Waals surface area contributed by atoms with E-state index in [0.29, 0.717) is 0 Å². The molecule has 0 spiro atoms. The second-order valence-corrected chi connectivity index (χ2v) is 4.05. The van der Waals surface area contributed by atoms with Gasteiger partial charge in [-0.15, -0.1) is 0 Å². The van der Waals surface area contributed by atoms with Gasteiger partial charge < -0.3 is 9.47 Å². The van der Waals surface area contributed by atoms with Crippen molar-refractivity contribution in [2.24, 2.45) is 0 Å². The molecule has 0 saturated heterocycles. The summed E-state index contributed by atoms with van der Waals surface area (Å²) in [6, 6.07) is 10.1. The predicted octanol–water partition coefficient (Wildman–Crippen LogP) is 3.89. The third-order valence-electron chi connectivity index (χ3n) is 2.83. The lowest BCUT2D eigenvalue weighted by molar-refractivity contribution is 0.413. The Bertz CT molecular complexity index is 570. The van der Waals surface area contributed by atoms with E-state index >= 15 is 0 Å². The second-order valence-electron chi connectivity index (χ2n) is 4.05. The first-order valence-corrected chi connectivity index (χ1v) is 5.47. The molecule has 2 aromatic rings. The highest BCUT2D eigenvalue weighted by atomic mass is 16.5. The third-order valence-corrected chi connectivity index (χ3v) is 2.83. The van der Waals surface area contributed by atoms with E-state index in [4.69, 9.17) is 9.47 Å². The maximum absolute atomic E-state index is 5.39. The van der Waals surface area contributed by atoms with E-state index in [1.807, 2.05) is 31.2 Å². The molecular formula is C15H16O2. The lowest BCUT2D eigenvalue weighted by atomic mass is 10.0. The van der Waals surface area contributed by atoms with Gasteiger partial charge >= 0.3 is 0 Å². The molecule has 0 aliphatic heterocycles. The summed E-state index contributed by atoms with van der Waals surface area (Å²) in [7, 11) is 3.34. The molecule has 2 heteroatoms. The van der Waals surface area contributed by atoms with Crippen LogP contribution in [0.1, 0.15) is 12.5 Å². The Morgan fingerprint density at radius 2 is 1.76 bits per heavy atom. The summed E-state index contributed by atoms with van der Waals surface area (Å²) in [5.74, 6) is 1.70. The zero-order valence-corrected chi connectivity index (χ0v) is 10.4. The number of rotatable bonds is 3. The maximum Gasteiger partial charge on any atom is 0.126 e. The molecule has 0 atom stereocenters. The highest BCUT2D eigenvalue weighted by Crippen LogP contribution is 2.31. The van der Waals surface area contributed by atoms with Crippen LogP contribution in [0.5, 0.6) is 11.5 Å². The largest absolute Gasteiger partial charge is 0.497 e. The van der Waals surface area contributed by atoms with Gasteiger partial charge in [-0.1, -0.05) is 12.6 Å². The Labute approximate surface area is 101 Å². The molecule has 17 heavy (non-hydrogen) atoms. The summed E-state index contributed by atoms with van der Waals surface area (Å²) in [4.78, 5) is 0. The summed E-state index contributed by atoms with van der Waals surface area (Å²) in [5.41, 5.74) is 2.05. The molecule has 2 nitrogen and oxygen atoms in total. The fourth-order valence-corrected chi connectivity index (χ4v) is 1.88. The molecule has 88 valence electrons. The van der Waals surface area contributed by atoms with Crippen LogP contribution in [-0.4, -0.2) is 14.2 Å². The van der Waals surface area contributed by atoms with Crippen molar-refractivity contribution in [3.8, 4) is 11.5 Å². The topological polar surface area (TPSA) is 18.5 Å². The van der Waals surface area contributed by atoms with E-state index in [0.717, 1.165) is 33.4 Å². The van der Waals surface area contributed by atoms with Crippen molar-refractivity contribution < 1.29 is 9.47 Å². The molecule has 0 aliphatic carbocycles. The number of hydrogen-bond acceptors (Lipinski definition) is 2. The van der Waals surface area contributed by atoms with Gasteiger partial charge in [0.1, 0.15) is 11.5 Å². The molecule has 0 aliphatic rings. The van der Waals surface area contributed by atoms with Gasteiger partial charge in [-0.05, 0) is 47.5 Å². The van der Waals surface area contributed by atoms with Crippen LogP contribution >= 0.6 is 0 Å². The standard InChI is InChI=1S/C15H16O2/c1-10(2)14-8-11-5-6-13(16-3)7-12(11)9-15(14)17-4/h5-9H,1H2,2-4H3. The predicted molar refractivity (Wildman–Crippen MR) is 71.8 cm³/mol. The molecule has 0 aromatic heterocycles. The quantitative estimate of drug-likeness (QED) is 0.793. The monoisotopic (exact) mass is 228 g/mol. The first-order chi connectivity index (χ1) is 8.15. The smallest absolute Gasteiger partial charge is 0.126 e. The number of benzene rings is 2. The summed E-state index contributed by atoms with van der Waals surface area (Å²) in [6.45, 7) is 5.95. The normalized spacial score (nSPS) is 10.3. The van der Waals surface area contributed by atoms with Gasteiger partial charge in [0.15, 0.2) is 0 Å². The Morgan fingerprint density at radius 3 is 2.35 bits per heavy atom. The summed E-state index contributed by atoms with van der Waals surface area (Å²) in [5, 5.41) is 2.26. The summed E-state index contributed by atoms with van der Waals surface area (Å²) in [6.07, 6.45) is 0. The minimum Gasteiger partial charge on any atom is -0.497 e. The molecule has 2 aromatic carbocycles. The summed E-state index contributed by atoms with van der Waals surface area (Å²) < 4.78 is 10.6. The van der Waals surface area contributed by atoms with Crippen molar-refractivity contribution in [2.45, 2.75) is 6.92 Å². The number of allylic oxidation sites excluding steroid dienone is 1. The lowest BCUT2D eigenvalue weighted by Gasteiger charge is -2.11. The number of ether oxygens (including phenoxy) is 2. The fraction of sp³-hybridized carbons (Fsp3) is 0.200. The van der Waals surface area contributed by atoms with Crippen LogP contribution in [-0.2, 0) is 0 Å². The highest BCUT2D eigenvalue weighted by molar-refractivity contribution is 5.89. The van der Waals surface area contributed by atoms with Crippen LogP contribution in [0.15, 0.2) is 36.9 Å². The van der Waals surface area contributed by atoms with Gasteiger partial charge in [-0.3, -0.25) is 0 Å². The van der Waals surface area contributed by atoms with Crippen LogP contribution in [0.25, 0.3) is 16.3 Å². The van der Waals surface area contributed by atoms with E-state index in [9.17, 15) is 0 Å². The Balaban J connectivity index is 2.69. The minimum atomic E-state index is 0.846. The highest BCUT2D eigenvalue weighted by Gasteiger charge is 2.06. The van der Waals surface area contributed by atoms with Crippen molar-refractivity contribution in [1.82, 2.24) is 0 Å². The fourth-order valence-electron chi connectivity index (χ4n) is 1.88. The van der Waals surface area contributed by atoms with Gasteiger partial charge in [0, 0.05) is 5.56 Å². The lowest BCUT2D eigenvalue weighted by Crippen LogP contribution is -1.90. The number of hydrogen-bond donors (Lipinski definition) is 0. The Hall–Kier alpha value is -1.96. The first kappa shape index (κ1) is 11.5. The van der Waals surface area contributed by atoms with E-state index < -0.39 is 0 Å². The average molecular weight is 228 g/mol. The van der Waals surface area contributed by atoms with E-state index in [1.54, 1.807) is 14.2 Å². The Morgan fingerprint density at radius 1 is 1.00 bits per heavy atom. The van der Waals surface area contributed by atoms with Crippen LogP contribution in [0, 0.1) is 0 Å². The van der Waals surface area contributed by atoms with Crippen molar-refractivity contribution in [3.05, 3.63) is 42.5 Å². The van der Waals surface area contributed by atoms with E-state index in [-0.39, 0.29) is 0 Å². The maximum atomic E-state index is 5.39. The number of methoxy groups -OCH3 is 2. The van der Waals surface area contributed by atoms with Crippen molar-refractivity contribution >= 4 is 16.3 Å². The van der Waals surface area contributed by atoms with Gasteiger partial charge in [-0.25, -0.2) is 0 Å². The van der Waals surface area contributed by atoms with Crippen LogP contribution in [0.3, 0.4) is 0 Å². The van der Waals surface area contributed by atoms with Crippen LogP contribution in [0.2, 0.25) is 0 Å². The van der Waals surface area contributed by atoms with Crippen LogP contribution < -0.4 is 9.47 Å². The minimum absolute atomic E-state index is 0.846. The molecule has 0 radical (unpaired) electrons. The van der Waals surface area contributed by atoms with Gasteiger partial charge in [0.2, 0.25) is 0 Å². The van der Waals surface area contributed by atoms with Gasteiger partial charge in [0.25, 0.3) is 0 Å². The van der Waals surface area contributed by atoms with Crippen LogP contribution in [0.4, 0.5) is 0 Å². The molecule has 0 unspecified atom stereocenters. The van der Waals surface area contributed by atoms with Crippen molar-refractivity contribution in [2.75, 3.05) is 14.2 Å². The zero-order valence-electron chi connectivity index (χ0n) is 10.4. The van der Waals surface area contributed by atoms with E-state index in [2.05, 4.69) is 12.6 Å². The molecule has 0 bridgehead atoms. The Kier molecular flexibility index (Phi) is 3.05. The molecular weight excluding hydrogens is 212 g/mol. The van der Waals surface area contributed by atoms with Crippen molar-refractivity contribution in [1.29, 1.82) is 0 Å². The van der Waals surface area contributed by atoms with Gasteiger partial charge in [0.05, 0.1) is 14.2 Å². The third kappa shape index (κ3) is 2.11. The molecule has 0 amide bonds. The van der Waals surface area contributed by atoms with Crippen molar-refractivity contribution in [3.63, 3.8) is 0 Å². The van der Waals surface area contributed by atoms with Gasteiger partial charge in [-0.2, -0.15) is 0 Å². The molecule has 0 N–H and O–H groups in total. The SMILES string of the molecule is C=C(C)c1cc2ccc(OC)cc2cc1OC. The molecule has 0 heterocycles. The number of fused-ring (bicyclic) bond motifs is 1. The van der Waals surface area contributed by atoms with E-state index in [1.165, 1.54) is 0 Å². The molecule has 2 rings (SSSR count). The zero-order chi connectivity index (χ0) is 12.4. The second kappa shape index (κ2) is 4.50. The summed E-state index contributed by atoms with van der Waals surface area (Å²) >= 11 is 0.